The Labute approximate surface area is 135 Å². The fourth-order valence-corrected chi connectivity index (χ4v) is 2.89. The van der Waals surface area contributed by atoms with Crippen LogP contribution in [-0.4, -0.2) is 21.3 Å². The second-order valence-electron chi connectivity index (χ2n) is 5.60. The minimum Gasteiger partial charge on any atom is -0.396 e. The standard InChI is InChI=1S/C18H19ClN2O/c1-12-9-16-17(10-13(12)2)21(18(20-16)7-8-22)11-14-5-3-4-6-15(14)19/h3-6,9-10,22H,7-8,11H2,1-2H3. The number of halogens is 1. The van der Waals surface area contributed by atoms with Crippen LogP contribution in [0.4, 0.5) is 0 Å². The molecule has 0 atom stereocenters. The van der Waals surface area contributed by atoms with Gasteiger partial charge in [0.25, 0.3) is 0 Å². The lowest BCUT2D eigenvalue weighted by Gasteiger charge is -2.11. The van der Waals surface area contributed by atoms with Gasteiger partial charge in [-0.2, -0.15) is 0 Å². The number of aliphatic hydroxyl groups is 1. The SMILES string of the molecule is Cc1cc2nc(CCO)n(Cc3ccccc3Cl)c2cc1C. The molecule has 0 saturated carbocycles. The molecule has 0 aliphatic carbocycles. The fourth-order valence-electron chi connectivity index (χ4n) is 2.69. The zero-order valence-electron chi connectivity index (χ0n) is 12.8. The van der Waals surface area contributed by atoms with E-state index in [0.29, 0.717) is 13.0 Å². The molecule has 1 heterocycles. The molecule has 3 nitrogen and oxygen atoms in total. The Hall–Kier alpha value is -1.84. The molecule has 1 aromatic heterocycles. The van der Waals surface area contributed by atoms with Crippen LogP contribution in [0.5, 0.6) is 0 Å². The van der Waals surface area contributed by atoms with E-state index in [1.807, 2.05) is 24.3 Å². The molecule has 0 aliphatic rings. The lowest BCUT2D eigenvalue weighted by atomic mass is 10.1. The highest BCUT2D eigenvalue weighted by Gasteiger charge is 2.13. The average Bonchev–Trinajstić information content (AvgIpc) is 2.80. The number of rotatable bonds is 4. The van der Waals surface area contributed by atoms with Crippen molar-refractivity contribution in [2.24, 2.45) is 0 Å². The van der Waals surface area contributed by atoms with Crippen molar-refractivity contribution in [1.29, 1.82) is 0 Å². The third kappa shape index (κ3) is 2.74. The van der Waals surface area contributed by atoms with E-state index in [4.69, 9.17) is 16.6 Å². The summed E-state index contributed by atoms with van der Waals surface area (Å²) in [6.45, 7) is 4.94. The maximum atomic E-state index is 9.32. The van der Waals surface area contributed by atoms with Crippen molar-refractivity contribution >= 4 is 22.6 Å². The van der Waals surface area contributed by atoms with Crippen LogP contribution in [0.2, 0.25) is 5.02 Å². The number of nitrogens with zero attached hydrogens (tertiary/aromatic N) is 2. The molecule has 3 aromatic rings. The van der Waals surface area contributed by atoms with E-state index in [0.717, 1.165) is 27.4 Å². The Morgan fingerprint density at radius 2 is 1.86 bits per heavy atom. The van der Waals surface area contributed by atoms with Gasteiger partial charge in [0, 0.05) is 11.4 Å². The first kappa shape index (κ1) is 15.1. The van der Waals surface area contributed by atoms with Crippen LogP contribution in [0.15, 0.2) is 36.4 Å². The smallest absolute Gasteiger partial charge is 0.112 e. The van der Waals surface area contributed by atoms with E-state index in [-0.39, 0.29) is 6.61 Å². The molecular weight excluding hydrogens is 296 g/mol. The summed E-state index contributed by atoms with van der Waals surface area (Å²) < 4.78 is 2.15. The van der Waals surface area contributed by atoms with Gasteiger partial charge in [0.05, 0.1) is 24.2 Å². The quantitative estimate of drug-likeness (QED) is 0.793. The first-order valence-corrected chi connectivity index (χ1v) is 7.78. The number of fused-ring (bicyclic) bond motifs is 1. The van der Waals surface area contributed by atoms with E-state index in [1.165, 1.54) is 11.1 Å². The van der Waals surface area contributed by atoms with Gasteiger partial charge in [0.15, 0.2) is 0 Å². The molecular formula is C18H19ClN2O. The molecule has 0 bridgehead atoms. The van der Waals surface area contributed by atoms with Gasteiger partial charge >= 0.3 is 0 Å². The summed E-state index contributed by atoms with van der Waals surface area (Å²) in [5, 5.41) is 10.1. The van der Waals surface area contributed by atoms with Crippen LogP contribution >= 0.6 is 11.6 Å². The maximum absolute atomic E-state index is 9.32. The van der Waals surface area contributed by atoms with Gasteiger partial charge < -0.3 is 9.67 Å². The van der Waals surface area contributed by atoms with E-state index >= 15 is 0 Å². The predicted octanol–water partition coefficient (Wildman–Crippen LogP) is 3.89. The third-order valence-corrected chi connectivity index (χ3v) is 4.43. The van der Waals surface area contributed by atoms with Crippen LogP contribution in [0.25, 0.3) is 11.0 Å². The highest BCUT2D eigenvalue weighted by atomic mass is 35.5. The van der Waals surface area contributed by atoms with Gasteiger partial charge in [-0.1, -0.05) is 29.8 Å². The molecule has 0 unspecified atom stereocenters. The van der Waals surface area contributed by atoms with Crippen LogP contribution in [-0.2, 0) is 13.0 Å². The molecule has 0 aliphatic heterocycles. The second-order valence-corrected chi connectivity index (χ2v) is 6.01. The van der Waals surface area contributed by atoms with Crippen molar-refractivity contribution in [2.75, 3.05) is 6.61 Å². The van der Waals surface area contributed by atoms with Gasteiger partial charge in [-0.15, -0.1) is 0 Å². The van der Waals surface area contributed by atoms with Gasteiger partial charge in [0.1, 0.15) is 5.82 Å². The molecule has 0 radical (unpaired) electrons. The van der Waals surface area contributed by atoms with Crippen molar-refractivity contribution in [1.82, 2.24) is 9.55 Å². The molecule has 0 saturated heterocycles. The van der Waals surface area contributed by atoms with Crippen molar-refractivity contribution in [3.63, 3.8) is 0 Å². The van der Waals surface area contributed by atoms with Gasteiger partial charge in [0.2, 0.25) is 0 Å². The highest BCUT2D eigenvalue weighted by Crippen LogP contribution is 2.24. The minimum atomic E-state index is 0.0871. The molecule has 114 valence electrons. The molecule has 2 aromatic carbocycles. The summed E-state index contributed by atoms with van der Waals surface area (Å²) >= 11 is 6.30. The summed E-state index contributed by atoms with van der Waals surface area (Å²) in [6, 6.07) is 12.1. The molecule has 0 amide bonds. The van der Waals surface area contributed by atoms with E-state index in [1.54, 1.807) is 0 Å². The van der Waals surface area contributed by atoms with Crippen molar-refractivity contribution in [2.45, 2.75) is 26.8 Å². The lowest BCUT2D eigenvalue weighted by Crippen LogP contribution is -2.07. The minimum absolute atomic E-state index is 0.0871. The summed E-state index contributed by atoms with van der Waals surface area (Å²) in [4.78, 5) is 4.69. The summed E-state index contributed by atoms with van der Waals surface area (Å²) in [5.41, 5.74) is 5.58. The molecule has 4 heteroatoms. The highest BCUT2D eigenvalue weighted by molar-refractivity contribution is 6.31. The first-order valence-electron chi connectivity index (χ1n) is 7.41. The number of imidazole rings is 1. The second kappa shape index (κ2) is 6.11. The Balaban J connectivity index is 2.15. The number of hydrogen-bond donors (Lipinski definition) is 1. The molecule has 0 spiro atoms. The summed E-state index contributed by atoms with van der Waals surface area (Å²) in [5.74, 6) is 0.891. The van der Waals surface area contributed by atoms with Crippen molar-refractivity contribution < 1.29 is 5.11 Å². The Bertz CT molecular complexity index is 823. The number of aliphatic hydroxyl groups excluding tert-OH is 1. The zero-order chi connectivity index (χ0) is 15.7. The molecule has 0 fully saturated rings. The number of benzene rings is 2. The number of aryl methyl sites for hydroxylation is 2. The zero-order valence-corrected chi connectivity index (χ0v) is 13.6. The predicted molar refractivity (Wildman–Crippen MR) is 90.6 cm³/mol. The topological polar surface area (TPSA) is 38.1 Å². The summed E-state index contributed by atoms with van der Waals surface area (Å²) in [6.07, 6.45) is 0.539. The van der Waals surface area contributed by atoms with Crippen LogP contribution < -0.4 is 0 Å². The third-order valence-electron chi connectivity index (χ3n) is 4.06. The molecule has 3 rings (SSSR count). The van der Waals surface area contributed by atoms with Crippen LogP contribution in [0.1, 0.15) is 22.5 Å². The van der Waals surface area contributed by atoms with E-state index in [2.05, 4.69) is 30.5 Å². The van der Waals surface area contributed by atoms with Gasteiger partial charge in [-0.05, 0) is 48.7 Å². The normalized spacial score (nSPS) is 11.3. The van der Waals surface area contributed by atoms with Crippen molar-refractivity contribution in [3.05, 3.63) is 63.9 Å². The Morgan fingerprint density at radius 1 is 1.14 bits per heavy atom. The van der Waals surface area contributed by atoms with Crippen LogP contribution in [0, 0.1) is 13.8 Å². The largest absolute Gasteiger partial charge is 0.396 e. The summed E-state index contributed by atoms with van der Waals surface area (Å²) in [7, 11) is 0. The van der Waals surface area contributed by atoms with E-state index < -0.39 is 0 Å². The van der Waals surface area contributed by atoms with Crippen molar-refractivity contribution in [3.8, 4) is 0 Å². The molecule has 1 N–H and O–H groups in total. The molecule has 22 heavy (non-hydrogen) atoms. The number of hydrogen-bond acceptors (Lipinski definition) is 2. The maximum Gasteiger partial charge on any atom is 0.112 e. The Morgan fingerprint density at radius 3 is 2.59 bits per heavy atom. The average molecular weight is 315 g/mol. The number of aromatic nitrogens is 2. The van der Waals surface area contributed by atoms with Gasteiger partial charge in [-0.3, -0.25) is 0 Å². The van der Waals surface area contributed by atoms with E-state index in [9.17, 15) is 5.11 Å². The van der Waals surface area contributed by atoms with Gasteiger partial charge in [-0.25, -0.2) is 4.98 Å². The fraction of sp³-hybridized carbons (Fsp3) is 0.278. The van der Waals surface area contributed by atoms with Crippen LogP contribution in [0.3, 0.4) is 0 Å². The first-order chi connectivity index (χ1) is 10.6. The lowest BCUT2D eigenvalue weighted by molar-refractivity contribution is 0.295. The Kier molecular flexibility index (Phi) is 4.19. The monoisotopic (exact) mass is 314 g/mol.